The van der Waals surface area contributed by atoms with E-state index in [-0.39, 0.29) is 22.4 Å². The molecule has 132 valence electrons. The van der Waals surface area contributed by atoms with E-state index in [1.807, 2.05) is 6.92 Å². The lowest BCUT2D eigenvalue weighted by Gasteiger charge is -2.14. The number of non-ortho nitro benzene ring substituents is 1. The third-order valence-electron chi connectivity index (χ3n) is 3.68. The SMILES string of the molecule is CCOc1ccc(N2C(=O)/C(=C/c3cccc([N+](=O)[O-])c3)NC2=S)cc1. The first-order chi connectivity index (χ1) is 12.5. The number of thiocarbonyl (C=S) groups is 1. The maximum Gasteiger partial charge on any atom is 0.281 e. The summed E-state index contributed by atoms with van der Waals surface area (Å²) < 4.78 is 5.39. The number of carbonyl (C=O) groups is 1. The lowest BCUT2D eigenvalue weighted by Crippen LogP contribution is -2.30. The van der Waals surface area contributed by atoms with E-state index in [0.717, 1.165) is 0 Å². The number of ether oxygens (including phenoxy) is 1. The first-order valence-electron chi connectivity index (χ1n) is 7.84. The monoisotopic (exact) mass is 369 g/mol. The van der Waals surface area contributed by atoms with Crippen molar-refractivity contribution in [1.82, 2.24) is 5.32 Å². The van der Waals surface area contributed by atoms with Gasteiger partial charge in [0.1, 0.15) is 11.4 Å². The van der Waals surface area contributed by atoms with Gasteiger partial charge in [-0.1, -0.05) is 12.1 Å². The van der Waals surface area contributed by atoms with Crippen LogP contribution in [0.3, 0.4) is 0 Å². The summed E-state index contributed by atoms with van der Waals surface area (Å²) in [5.41, 5.74) is 1.35. The van der Waals surface area contributed by atoms with E-state index < -0.39 is 4.92 Å². The minimum absolute atomic E-state index is 0.0456. The smallest absolute Gasteiger partial charge is 0.281 e. The number of nitrogens with one attached hydrogen (secondary N) is 1. The minimum Gasteiger partial charge on any atom is -0.494 e. The van der Waals surface area contributed by atoms with Gasteiger partial charge in [-0.2, -0.15) is 0 Å². The van der Waals surface area contributed by atoms with Crippen LogP contribution >= 0.6 is 12.2 Å². The molecule has 0 bridgehead atoms. The summed E-state index contributed by atoms with van der Waals surface area (Å²) in [4.78, 5) is 24.5. The third-order valence-corrected chi connectivity index (χ3v) is 3.96. The van der Waals surface area contributed by atoms with E-state index in [4.69, 9.17) is 17.0 Å². The highest BCUT2D eigenvalue weighted by atomic mass is 32.1. The molecule has 1 aliphatic heterocycles. The molecule has 26 heavy (non-hydrogen) atoms. The van der Waals surface area contributed by atoms with Gasteiger partial charge >= 0.3 is 0 Å². The zero-order valence-corrected chi connectivity index (χ0v) is 14.7. The third kappa shape index (κ3) is 3.55. The molecule has 2 aromatic rings. The highest BCUT2D eigenvalue weighted by Gasteiger charge is 2.32. The molecule has 0 radical (unpaired) electrons. The molecule has 1 heterocycles. The number of nitro groups is 1. The van der Waals surface area contributed by atoms with Crippen molar-refractivity contribution in [3.8, 4) is 5.75 Å². The lowest BCUT2D eigenvalue weighted by molar-refractivity contribution is -0.384. The Kier molecular flexibility index (Phi) is 4.94. The number of anilines is 1. The van der Waals surface area contributed by atoms with E-state index in [0.29, 0.717) is 23.6 Å². The van der Waals surface area contributed by atoms with Crippen LogP contribution in [-0.4, -0.2) is 22.5 Å². The summed E-state index contributed by atoms with van der Waals surface area (Å²) in [6, 6.07) is 13.0. The van der Waals surface area contributed by atoms with Crippen LogP contribution in [0.15, 0.2) is 54.2 Å². The fourth-order valence-electron chi connectivity index (χ4n) is 2.52. The molecule has 7 nitrogen and oxygen atoms in total. The predicted molar refractivity (Wildman–Crippen MR) is 102 cm³/mol. The molecule has 0 saturated carbocycles. The van der Waals surface area contributed by atoms with Crippen LogP contribution in [0, 0.1) is 10.1 Å². The summed E-state index contributed by atoms with van der Waals surface area (Å²) in [7, 11) is 0. The van der Waals surface area contributed by atoms with Crippen LogP contribution in [-0.2, 0) is 4.79 Å². The van der Waals surface area contributed by atoms with Crippen molar-refractivity contribution in [3.63, 3.8) is 0 Å². The summed E-state index contributed by atoms with van der Waals surface area (Å²) in [6.45, 7) is 2.44. The lowest BCUT2D eigenvalue weighted by atomic mass is 10.1. The average molecular weight is 369 g/mol. The molecule has 1 fully saturated rings. The molecule has 1 amide bonds. The minimum atomic E-state index is -0.483. The number of carbonyl (C=O) groups excluding carboxylic acids is 1. The topological polar surface area (TPSA) is 84.7 Å². The molecule has 0 atom stereocenters. The molecule has 0 unspecified atom stereocenters. The Morgan fingerprint density at radius 3 is 2.65 bits per heavy atom. The molecule has 1 N–H and O–H groups in total. The molecular weight excluding hydrogens is 354 g/mol. The molecule has 0 spiro atoms. The van der Waals surface area contributed by atoms with Gasteiger partial charge in [-0.25, -0.2) is 0 Å². The zero-order chi connectivity index (χ0) is 18.7. The maximum atomic E-state index is 12.7. The van der Waals surface area contributed by atoms with Crippen LogP contribution in [0.2, 0.25) is 0 Å². The quantitative estimate of drug-likeness (QED) is 0.377. The van der Waals surface area contributed by atoms with E-state index in [9.17, 15) is 14.9 Å². The standard InChI is InChI=1S/C18H15N3O4S/c1-2-25-15-8-6-13(7-9-15)20-17(22)16(19-18(20)26)11-12-4-3-5-14(10-12)21(23)24/h3-11H,2H2,1H3,(H,19,26)/b16-11-. The second kappa shape index (κ2) is 7.32. The number of amides is 1. The van der Waals surface area contributed by atoms with E-state index in [2.05, 4.69) is 5.32 Å². The molecular formula is C18H15N3O4S. The van der Waals surface area contributed by atoms with Crippen molar-refractivity contribution in [2.24, 2.45) is 0 Å². The number of hydrogen-bond donors (Lipinski definition) is 1. The van der Waals surface area contributed by atoms with E-state index in [1.165, 1.54) is 23.1 Å². The molecule has 0 aromatic heterocycles. The molecule has 8 heteroatoms. The summed E-state index contributed by atoms with van der Waals surface area (Å²) in [6.07, 6.45) is 1.54. The van der Waals surface area contributed by atoms with Gasteiger partial charge in [-0.15, -0.1) is 0 Å². The molecule has 2 aromatic carbocycles. The summed E-state index contributed by atoms with van der Waals surface area (Å²) >= 11 is 5.26. The Balaban J connectivity index is 1.86. The fourth-order valence-corrected chi connectivity index (χ4v) is 2.82. The number of benzene rings is 2. The summed E-state index contributed by atoms with van der Waals surface area (Å²) in [5, 5.41) is 14.0. The van der Waals surface area contributed by atoms with Gasteiger partial charge in [-0.3, -0.25) is 19.8 Å². The van der Waals surface area contributed by atoms with E-state index >= 15 is 0 Å². The average Bonchev–Trinajstić information content (AvgIpc) is 2.90. The van der Waals surface area contributed by atoms with Crippen molar-refractivity contribution < 1.29 is 14.5 Å². The highest BCUT2D eigenvalue weighted by Crippen LogP contribution is 2.25. The number of rotatable bonds is 5. The fraction of sp³-hybridized carbons (Fsp3) is 0.111. The van der Waals surface area contributed by atoms with Crippen molar-refractivity contribution in [1.29, 1.82) is 0 Å². The molecule has 1 saturated heterocycles. The maximum absolute atomic E-state index is 12.7. The van der Waals surface area contributed by atoms with Crippen molar-refractivity contribution in [2.75, 3.05) is 11.5 Å². The Morgan fingerprint density at radius 1 is 1.27 bits per heavy atom. The van der Waals surface area contributed by atoms with Gasteiger partial charge in [0.15, 0.2) is 5.11 Å². The second-order valence-electron chi connectivity index (χ2n) is 5.41. The van der Waals surface area contributed by atoms with Gasteiger partial charge in [0.25, 0.3) is 11.6 Å². The van der Waals surface area contributed by atoms with E-state index in [1.54, 1.807) is 36.4 Å². The van der Waals surface area contributed by atoms with Crippen molar-refractivity contribution >= 4 is 40.7 Å². The largest absolute Gasteiger partial charge is 0.494 e. The number of hydrogen-bond acceptors (Lipinski definition) is 5. The second-order valence-corrected chi connectivity index (χ2v) is 5.79. The van der Waals surface area contributed by atoms with Crippen LogP contribution in [0.25, 0.3) is 6.08 Å². The predicted octanol–water partition coefficient (Wildman–Crippen LogP) is 3.26. The summed E-state index contributed by atoms with van der Waals surface area (Å²) in [5.74, 6) is 0.375. The van der Waals surface area contributed by atoms with Gasteiger partial charge < -0.3 is 10.1 Å². The first-order valence-corrected chi connectivity index (χ1v) is 8.25. The van der Waals surface area contributed by atoms with Crippen LogP contribution in [0.5, 0.6) is 5.75 Å². The van der Waals surface area contributed by atoms with Crippen molar-refractivity contribution in [2.45, 2.75) is 6.92 Å². The van der Waals surface area contributed by atoms with Gasteiger partial charge in [0.05, 0.1) is 17.2 Å². The van der Waals surface area contributed by atoms with Crippen LogP contribution in [0.4, 0.5) is 11.4 Å². The number of nitrogens with zero attached hydrogens (tertiary/aromatic N) is 2. The van der Waals surface area contributed by atoms with Crippen molar-refractivity contribution in [3.05, 3.63) is 69.9 Å². The zero-order valence-electron chi connectivity index (χ0n) is 13.8. The Labute approximate surface area is 155 Å². The molecule has 0 aliphatic carbocycles. The number of nitro benzene ring substituents is 1. The highest BCUT2D eigenvalue weighted by molar-refractivity contribution is 7.80. The Hall–Kier alpha value is -3.26. The molecule has 3 rings (SSSR count). The first kappa shape index (κ1) is 17.6. The van der Waals surface area contributed by atoms with Crippen LogP contribution < -0.4 is 15.0 Å². The Bertz CT molecular complexity index is 909. The van der Waals surface area contributed by atoms with Gasteiger partial charge in [-0.05, 0) is 55.0 Å². The normalized spacial score (nSPS) is 15.3. The molecule has 1 aliphatic rings. The van der Waals surface area contributed by atoms with Gasteiger partial charge in [0.2, 0.25) is 0 Å². The van der Waals surface area contributed by atoms with Gasteiger partial charge in [0, 0.05) is 12.1 Å². The van der Waals surface area contributed by atoms with Crippen LogP contribution in [0.1, 0.15) is 12.5 Å². The Morgan fingerprint density at radius 2 is 2.00 bits per heavy atom.